The van der Waals surface area contributed by atoms with Crippen LogP contribution in [0.5, 0.6) is 0 Å². The number of nitrogens with zero attached hydrogens (tertiary/aromatic N) is 1. The van der Waals surface area contributed by atoms with Crippen LogP contribution in [0.15, 0.2) is 0 Å². The Kier molecular flexibility index (Phi) is 3.95. The van der Waals surface area contributed by atoms with E-state index in [1.54, 1.807) is 0 Å². The molecule has 18 heavy (non-hydrogen) atoms. The van der Waals surface area contributed by atoms with Gasteiger partial charge in [0.05, 0.1) is 0 Å². The van der Waals surface area contributed by atoms with Gasteiger partial charge >= 0.3 is 0 Å². The topological polar surface area (TPSA) is 15.3 Å². The fraction of sp³-hybridized carbons (Fsp3) is 1.00. The van der Waals surface area contributed by atoms with Gasteiger partial charge in [-0.1, -0.05) is 12.8 Å². The molecule has 2 heteroatoms. The van der Waals surface area contributed by atoms with E-state index < -0.39 is 0 Å². The van der Waals surface area contributed by atoms with Crippen LogP contribution in [-0.4, -0.2) is 36.6 Å². The first-order valence-electron chi connectivity index (χ1n) is 8.19. The smallest absolute Gasteiger partial charge is 0.00988 e. The van der Waals surface area contributed by atoms with E-state index >= 15 is 0 Å². The number of nitrogens with one attached hydrogen (secondary N) is 1. The molecule has 104 valence electrons. The minimum absolute atomic E-state index is 0.754. The van der Waals surface area contributed by atoms with E-state index in [1.165, 1.54) is 57.9 Å². The average Bonchev–Trinajstić information content (AvgIpc) is 2.94. The first-order chi connectivity index (χ1) is 8.74. The number of hydrogen-bond acceptors (Lipinski definition) is 2. The lowest BCUT2D eigenvalue weighted by molar-refractivity contribution is 0.130. The summed E-state index contributed by atoms with van der Waals surface area (Å²) in [5.74, 6) is 1.91. The van der Waals surface area contributed by atoms with Gasteiger partial charge in [-0.25, -0.2) is 0 Å². The summed E-state index contributed by atoms with van der Waals surface area (Å²) in [5.41, 5.74) is 0. The van der Waals surface area contributed by atoms with Crippen molar-refractivity contribution in [3.8, 4) is 0 Å². The standard InChI is InChI=1S/C16H30N2/c1-12(14-5-3-4-6-14)17-11-13-9-15-7-8-16(10-13)18(15)2/h12-17H,3-11H2,1-2H3. The first-order valence-corrected chi connectivity index (χ1v) is 8.19. The maximum absolute atomic E-state index is 3.86. The quantitative estimate of drug-likeness (QED) is 0.825. The summed E-state index contributed by atoms with van der Waals surface area (Å²) in [7, 11) is 2.34. The van der Waals surface area contributed by atoms with Crippen LogP contribution >= 0.6 is 0 Å². The monoisotopic (exact) mass is 250 g/mol. The molecule has 3 fully saturated rings. The van der Waals surface area contributed by atoms with Crippen LogP contribution in [0.25, 0.3) is 0 Å². The van der Waals surface area contributed by atoms with Crippen LogP contribution in [0.2, 0.25) is 0 Å². The molecular formula is C16H30N2. The Labute approximate surface area is 113 Å². The summed E-state index contributed by atoms with van der Waals surface area (Å²) in [5, 5.41) is 3.86. The highest BCUT2D eigenvalue weighted by Gasteiger charge is 2.38. The van der Waals surface area contributed by atoms with E-state index in [9.17, 15) is 0 Å². The SMILES string of the molecule is CC(NCC1CC2CCC(C1)N2C)C1CCCC1. The van der Waals surface area contributed by atoms with Crippen LogP contribution in [-0.2, 0) is 0 Å². The average molecular weight is 250 g/mol. The third-order valence-electron chi connectivity index (χ3n) is 6.03. The summed E-state index contributed by atoms with van der Waals surface area (Å²) in [6.07, 6.45) is 11.7. The molecule has 2 nitrogen and oxygen atoms in total. The van der Waals surface area contributed by atoms with Gasteiger partial charge in [-0.15, -0.1) is 0 Å². The Morgan fingerprint density at radius 1 is 1.06 bits per heavy atom. The molecule has 2 bridgehead atoms. The fourth-order valence-corrected chi connectivity index (χ4v) is 4.67. The summed E-state index contributed by atoms with van der Waals surface area (Å²) in [6, 6.07) is 2.56. The normalized spacial score (nSPS) is 39.3. The van der Waals surface area contributed by atoms with Crippen LogP contribution in [0, 0.1) is 11.8 Å². The molecule has 0 spiro atoms. The Bertz CT molecular complexity index is 258. The lowest BCUT2D eigenvalue weighted by atomic mass is 9.90. The molecule has 2 heterocycles. The molecule has 0 aromatic heterocycles. The minimum Gasteiger partial charge on any atom is -0.314 e. The molecule has 1 aliphatic carbocycles. The number of rotatable bonds is 4. The van der Waals surface area contributed by atoms with E-state index in [0.29, 0.717) is 0 Å². The molecule has 3 unspecified atom stereocenters. The van der Waals surface area contributed by atoms with Crippen LogP contribution in [0.3, 0.4) is 0 Å². The predicted molar refractivity (Wildman–Crippen MR) is 76.7 cm³/mol. The van der Waals surface area contributed by atoms with Crippen LogP contribution in [0.1, 0.15) is 58.3 Å². The van der Waals surface area contributed by atoms with Gasteiger partial charge in [0.25, 0.3) is 0 Å². The van der Waals surface area contributed by atoms with Crippen LogP contribution < -0.4 is 5.32 Å². The zero-order chi connectivity index (χ0) is 12.5. The zero-order valence-electron chi connectivity index (χ0n) is 12.2. The van der Waals surface area contributed by atoms with E-state index in [0.717, 1.165) is 30.0 Å². The van der Waals surface area contributed by atoms with Crippen molar-refractivity contribution in [2.45, 2.75) is 76.4 Å². The summed E-state index contributed by atoms with van der Waals surface area (Å²) >= 11 is 0. The third kappa shape index (κ3) is 2.60. The second-order valence-corrected chi connectivity index (χ2v) is 7.13. The number of piperidine rings is 1. The van der Waals surface area contributed by atoms with Gasteiger partial charge in [-0.3, -0.25) is 0 Å². The predicted octanol–water partition coefficient (Wildman–Crippen LogP) is 3.03. The van der Waals surface area contributed by atoms with Crippen molar-refractivity contribution in [1.82, 2.24) is 10.2 Å². The van der Waals surface area contributed by atoms with E-state index in [-0.39, 0.29) is 0 Å². The molecule has 3 rings (SSSR count). The van der Waals surface area contributed by atoms with Crippen molar-refractivity contribution in [2.24, 2.45) is 11.8 Å². The zero-order valence-corrected chi connectivity index (χ0v) is 12.2. The summed E-state index contributed by atoms with van der Waals surface area (Å²) < 4.78 is 0. The highest BCUT2D eigenvalue weighted by atomic mass is 15.2. The lowest BCUT2D eigenvalue weighted by Crippen LogP contribution is -2.44. The van der Waals surface area contributed by atoms with Crippen LogP contribution in [0.4, 0.5) is 0 Å². The second kappa shape index (κ2) is 5.50. The minimum atomic E-state index is 0.754. The third-order valence-corrected chi connectivity index (χ3v) is 6.03. The molecule has 2 aliphatic heterocycles. The molecule has 1 N–H and O–H groups in total. The lowest BCUT2D eigenvalue weighted by Gasteiger charge is -2.37. The molecular weight excluding hydrogens is 220 g/mol. The van der Waals surface area contributed by atoms with Gasteiger partial charge in [-0.2, -0.15) is 0 Å². The van der Waals surface area contributed by atoms with Gasteiger partial charge in [0.1, 0.15) is 0 Å². The summed E-state index contributed by atoms with van der Waals surface area (Å²) in [6.45, 7) is 3.69. The molecule has 1 saturated carbocycles. The van der Waals surface area contributed by atoms with Crippen molar-refractivity contribution in [2.75, 3.05) is 13.6 Å². The van der Waals surface area contributed by atoms with E-state index in [2.05, 4.69) is 24.2 Å². The highest BCUT2D eigenvalue weighted by Crippen LogP contribution is 2.37. The maximum atomic E-state index is 3.86. The number of fused-ring (bicyclic) bond motifs is 2. The Balaban J connectivity index is 1.43. The highest BCUT2D eigenvalue weighted by molar-refractivity contribution is 4.94. The molecule has 0 aromatic rings. The van der Waals surface area contributed by atoms with E-state index in [4.69, 9.17) is 0 Å². The van der Waals surface area contributed by atoms with Crippen molar-refractivity contribution in [3.05, 3.63) is 0 Å². The largest absolute Gasteiger partial charge is 0.314 e. The second-order valence-electron chi connectivity index (χ2n) is 7.13. The molecule has 0 amide bonds. The molecule has 0 aromatic carbocycles. The maximum Gasteiger partial charge on any atom is 0.00988 e. The van der Waals surface area contributed by atoms with Gasteiger partial charge in [0.2, 0.25) is 0 Å². The molecule has 3 aliphatic rings. The Hall–Kier alpha value is -0.0800. The van der Waals surface area contributed by atoms with Crippen molar-refractivity contribution >= 4 is 0 Å². The molecule has 3 atom stereocenters. The van der Waals surface area contributed by atoms with Gasteiger partial charge in [0.15, 0.2) is 0 Å². The molecule has 2 saturated heterocycles. The Morgan fingerprint density at radius 2 is 1.67 bits per heavy atom. The van der Waals surface area contributed by atoms with Gasteiger partial charge in [-0.05, 0) is 70.9 Å². The van der Waals surface area contributed by atoms with Gasteiger partial charge in [0, 0.05) is 18.1 Å². The molecule has 0 radical (unpaired) electrons. The first kappa shape index (κ1) is 12.9. The van der Waals surface area contributed by atoms with Gasteiger partial charge < -0.3 is 10.2 Å². The van der Waals surface area contributed by atoms with Crippen molar-refractivity contribution in [3.63, 3.8) is 0 Å². The van der Waals surface area contributed by atoms with Crippen molar-refractivity contribution < 1.29 is 0 Å². The van der Waals surface area contributed by atoms with E-state index in [1.807, 2.05) is 0 Å². The number of hydrogen-bond donors (Lipinski definition) is 1. The van der Waals surface area contributed by atoms with Crippen molar-refractivity contribution in [1.29, 1.82) is 0 Å². The summed E-state index contributed by atoms with van der Waals surface area (Å²) in [4.78, 5) is 2.65. The fourth-order valence-electron chi connectivity index (χ4n) is 4.67. The Morgan fingerprint density at radius 3 is 2.28 bits per heavy atom.